The van der Waals surface area contributed by atoms with E-state index in [2.05, 4.69) is 5.43 Å². The molecule has 0 unspecified atom stereocenters. The predicted molar refractivity (Wildman–Crippen MR) is 73.6 cm³/mol. The van der Waals surface area contributed by atoms with E-state index in [0.717, 1.165) is 12.8 Å². The molecule has 0 atom stereocenters. The molecule has 0 aromatic heterocycles. The smallest absolute Gasteiger partial charge is 0.245 e. The normalized spacial score (nSPS) is 12.1. The molecule has 0 fully saturated rings. The number of sulfonamides is 1. The Bertz CT molecular complexity index is 484. The molecular weight excluding hydrogens is 250 g/mol. The molecule has 5 nitrogen and oxygen atoms in total. The number of nitrogens with one attached hydrogen (secondary N) is 1. The van der Waals surface area contributed by atoms with E-state index in [9.17, 15) is 8.42 Å². The molecular formula is C12H21N3O2S. The number of rotatable bonds is 6. The first kappa shape index (κ1) is 14.9. The molecule has 0 aliphatic carbocycles. The van der Waals surface area contributed by atoms with Crippen LogP contribution in [-0.2, 0) is 10.0 Å². The second-order valence-electron chi connectivity index (χ2n) is 4.13. The summed E-state index contributed by atoms with van der Waals surface area (Å²) in [6.45, 7) is 3.96. The van der Waals surface area contributed by atoms with Gasteiger partial charge in [-0.15, -0.1) is 0 Å². The van der Waals surface area contributed by atoms with Crippen molar-refractivity contribution in [2.75, 3.05) is 12.5 Å². The summed E-state index contributed by atoms with van der Waals surface area (Å²) in [5.41, 5.74) is 2.84. The molecule has 0 aliphatic heterocycles. The molecule has 18 heavy (non-hydrogen) atoms. The molecule has 0 saturated heterocycles. The van der Waals surface area contributed by atoms with Gasteiger partial charge in [-0.3, -0.25) is 5.84 Å². The fourth-order valence-electron chi connectivity index (χ4n) is 1.97. The van der Waals surface area contributed by atoms with Crippen molar-refractivity contribution < 1.29 is 8.42 Å². The summed E-state index contributed by atoms with van der Waals surface area (Å²) >= 11 is 0. The van der Waals surface area contributed by atoms with Crippen LogP contribution >= 0.6 is 0 Å². The molecule has 3 N–H and O–H groups in total. The van der Waals surface area contributed by atoms with Gasteiger partial charge in [0.2, 0.25) is 10.0 Å². The van der Waals surface area contributed by atoms with Gasteiger partial charge in [-0.05, 0) is 25.0 Å². The monoisotopic (exact) mass is 271 g/mol. The molecule has 102 valence electrons. The van der Waals surface area contributed by atoms with Crippen molar-refractivity contribution in [3.05, 3.63) is 24.3 Å². The molecule has 6 heteroatoms. The SMILES string of the molecule is CCC(CC)N(C)S(=O)(=O)c1ccccc1NN. The second-order valence-corrected chi connectivity index (χ2v) is 6.10. The van der Waals surface area contributed by atoms with Crippen LogP contribution in [0, 0.1) is 0 Å². The lowest BCUT2D eigenvalue weighted by Gasteiger charge is -2.26. The summed E-state index contributed by atoms with van der Waals surface area (Å²) in [6.07, 6.45) is 1.56. The third-order valence-corrected chi connectivity index (χ3v) is 5.12. The topological polar surface area (TPSA) is 75.4 Å². The van der Waals surface area contributed by atoms with E-state index in [-0.39, 0.29) is 10.9 Å². The minimum absolute atomic E-state index is 0.000769. The number of hydrogen-bond donors (Lipinski definition) is 2. The predicted octanol–water partition coefficient (Wildman–Crippen LogP) is 1.78. The zero-order valence-corrected chi connectivity index (χ0v) is 11.9. The lowest BCUT2D eigenvalue weighted by molar-refractivity contribution is 0.350. The van der Waals surface area contributed by atoms with Crippen molar-refractivity contribution in [1.82, 2.24) is 4.31 Å². The van der Waals surface area contributed by atoms with Crippen LogP contribution in [0.25, 0.3) is 0 Å². The number of hydrogen-bond acceptors (Lipinski definition) is 4. The van der Waals surface area contributed by atoms with Crippen molar-refractivity contribution in [2.45, 2.75) is 37.6 Å². The van der Waals surface area contributed by atoms with Gasteiger partial charge in [0.05, 0.1) is 5.69 Å². The largest absolute Gasteiger partial charge is 0.323 e. The standard InChI is InChI=1S/C12H21N3O2S/c1-4-10(5-2)15(3)18(16,17)12-9-7-6-8-11(12)14-13/h6-10,14H,4-5,13H2,1-3H3. The number of anilines is 1. The van der Waals surface area contributed by atoms with Crippen LogP contribution < -0.4 is 11.3 Å². The fourth-order valence-corrected chi connectivity index (χ4v) is 3.62. The lowest BCUT2D eigenvalue weighted by atomic mass is 10.2. The number of hydrazine groups is 1. The average Bonchev–Trinajstić information content (AvgIpc) is 2.39. The molecule has 1 aromatic rings. The van der Waals surface area contributed by atoms with Crippen molar-refractivity contribution in [2.24, 2.45) is 5.84 Å². The second kappa shape index (κ2) is 6.17. The van der Waals surface area contributed by atoms with Gasteiger partial charge in [0, 0.05) is 13.1 Å². The number of benzene rings is 1. The zero-order valence-electron chi connectivity index (χ0n) is 11.1. The van der Waals surface area contributed by atoms with E-state index < -0.39 is 10.0 Å². The number of para-hydroxylation sites is 1. The Morgan fingerprint density at radius 2 is 1.83 bits per heavy atom. The van der Waals surface area contributed by atoms with Crippen LogP contribution in [-0.4, -0.2) is 25.8 Å². The van der Waals surface area contributed by atoms with Crippen LogP contribution in [0.1, 0.15) is 26.7 Å². The van der Waals surface area contributed by atoms with E-state index >= 15 is 0 Å². The lowest BCUT2D eigenvalue weighted by Crippen LogP contribution is -2.36. The van der Waals surface area contributed by atoms with E-state index in [1.165, 1.54) is 4.31 Å². The quantitative estimate of drug-likeness (QED) is 0.611. The maximum absolute atomic E-state index is 12.5. The third kappa shape index (κ3) is 2.82. The van der Waals surface area contributed by atoms with Crippen LogP contribution in [0.4, 0.5) is 5.69 Å². The summed E-state index contributed by atoms with van der Waals surface area (Å²) in [6, 6.07) is 6.64. The Labute approximate surface area is 109 Å². The van der Waals surface area contributed by atoms with Crippen molar-refractivity contribution >= 4 is 15.7 Å². The van der Waals surface area contributed by atoms with Crippen molar-refractivity contribution in [1.29, 1.82) is 0 Å². The van der Waals surface area contributed by atoms with Crippen LogP contribution in [0.3, 0.4) is 0 Å². The van der Waals surface area contributed by atoms with Gasteiger partial charge in [0.1, 0.15) is 4.90 Å². The first-order valence-corrected chi connectivity index (χ1v) is 7.46. The number of nitrogens with zero attached hydrogens (tertiary/aromatic N) is 1. The van der Waals surface area contributed by atoms with E-state index in [1.54, 1.807) is 31.3 Å². The Morgan fingerprint density at radius 1 is 1.28 bits per heavy atom. The molecule has 0 heterocycles. The van der Waals surface area contributed by atoms with Gasteiger partial charge in [0.25, 0.3) is 0 Å². The highest BCUT2D eigenvalue weighted by Crippen LogP contribution is 2.25. The van der Waals surface area contributed by atoms with Gasteiger partial charge in [-0.1, -0.05) is 26.0 Å². The van der Waals surface area contributed by atoms with Crippen LogP contribution in [0.15, 0.2) is 29.2 Å². The Morgan fingerprint density at radius 3 is 2.33 bits per heavy atom. The Kier molecular flexibility index (Phi) is 5.13. The molecule has 0 amide bonds. The van der Waals surface area contributed by atoms with Gasteiger partial charge in [0.15, 0.2) is 0 Å². The highest BCUT2D eigenvalue weighted by molar-refractivity contribution is 7.89. The third-order valence-electron chi connectivity index (χ3n) is 3.16. The molecule has 0 bridgehead atoms. The first-order chi connectivity index (χ1) is 8.48. The maximum Gasteiger partial charge on any atom is 0.245 e. The van der Waals surface area contributed by atoms with Crippen LogP contribution in [0.2, 0.25) is 0 Å². The average molecular weight is 271 g/mol. The number of nitrogen functional groups attached to an aromatic ring is 1. The molecule has 0 radical (unpaired) electrons. The van der Waals surface area contributed by atoms with Gasteiger partial charge in [-0.25, -0.2) is 8.42 Å². The summed E-state index contributed by atoms with van der Waals surface area (Å²) < 4.78 is 26.4. The first-order valence-electron chi connectivity index (χ1n) is 6.02. The van der Waals surface area contributed by atoms with Gasteiger partial charge < -0.3 is 5.43 Å². The molecule has 0 saturated carbocycles. The highest BCUT2D eigenvalue weighted by atomic mass is 32.2. The summed E-state index contributed by atoms with van der Waals surface area (Å²) in [5.74, 6) is 5.36. The Balaban J connectivity index is 3.21. The van der Waals surface area contributed by atoms with Gasteiger partial charge in [-0.2, -0.15) is 4.31 Å². The summed E-state index contributed by atoms with van der Waals surface area (Å²) in [7, 11) is -1.90. The van der Waals surface area contributed by atoms with E-state index in [1.807, 2.05) is 13.8 Å². The minimum atomic E-state index is -3.51. The number of nitrogens with two attached hydrogens (primary N) is 1. The molecule has 1 aromatic carbocycles. The summed E-state index contributed by atoms with van der Waals surface area (Å²) in [4.78, 5) is 0.210. The Hall–Kier alpha value is -1.11. The molecule has 1 rings (SSSR count). The highest BCUT2D eigenvalue weighted by Gasteiger charge is 2.27. The fraction of sp³-hybridized carbons (Fsp3) is 0.500. The van der Waals surface area contributed by atoms with E-state index in [4.69, 9.17) is 5.84 Å². The van der Waals surface area contributed by atoms with Crippen molar-refractivity contribution in [3.63, 3.8) is 0 Å². The zero-order chi connectivity index (χ0) is 13.8. The molecule has 0 aliphatic rings. The van der Waals surface area contributed by atoms with Crippen LogP contribution in [0.5, 0.6) is 0 Å². The van der Waals surface area contributed by atoms with E-state index in [0.29, 0.717) is 5.69 Å². The molecule has 0 spiro atoms. The maximum atomic E-state index is 12.5. The summed E-state index contributed by atoms with van der Waals surface area (Å²) in [5, 5.41) is 0. The van der Waals surface area contributed by atoms with Gasteiger partial charge >= 0.3 is 0 Å². The minimum Gasteiger partial charge on any atom is -0.323 e. The van der Waals surface area contributed by atoms with Crippen molar-refractivity contribution in [3.8, 4) is 0 Å².